The number of nitrogens with one attached hydrogen (secondary N) is 1. The molecule has 0 radical (unpaired) electrons. The van der Waals surface area contributed by atoms with Crippen LogP contribution in [0.5, 0.6) is 0 Å². The topological polar surface area (TPSA) is 61.9 Å². The van der Waals surface area contributed by atoms with Gasteiger partial charge in [0.15, 0.2) is 5.76 Å². The van der Waals surface area contributed by atoms with Crippen LogP contribution >= 0.6 is 0 Å². The number of hydrogen-bond acceptors (Lipinski definition) is 4. The molecule has 0 saturated heterocycles. The zero-order chi connectivity index (χ0) is 12.1. The Morgan fingerprint density at radius 3 is 2.76 bits per heavy atom. The molecule has 4 heteroatoms. The molecule has 1 aromatic heterocycles. The van der Waals surface area contributed by atoms with Crippen molar-refractivity contribution in [3.8, 4) is 17.4 Å². The number of benzene rings is 1. The van der Waals surface area contributed by atoms with Crippen molar-refractivity contribution >= 4 is 0 Å². The van der Waals surface area contributed by atoms with Crippen LogP contribution in [0.15, 0.2) is 35.0 Å². The van der Waals surface area contributed by atoms with Gasteiger partial charge in [-0.2, -0.15) is 5.26 Å². The molecule has 1 N–H and O–H groups in total. The van der Waals surface area contributed by atoms with Crippen LogP contribution in [-0.2, 0) is 6.54 Å². The lowest BCUT2D eigenvalue weighted by Crippen LogP contribution is -2.11. The third kappa shape index (κ3) is 2.52. The zero-order valence-electron chi connectivity index (χ0n) is 9.60. The van der Waals surface area contributed by atoms with Crippen molar-refractivity contribution < 1.29 is 4.52 Å². The van der Waals surface area contributed by atoms with E-state index < -0.39 is 0 Å². The van der Waals surface area contributed by atoms with E-state index in [1.54, 1.807) is 18.3 Å². The monoisotopic (exact) mass is 227 g/mol. The summed E-state index contributed by atoms with van der Waals surface area (Å²) < 4.78 is 5.25. The molecular formula is C13H13N3O. The molecule has 4 nitrogen and oxygen atoms in total. The molecule has 1 heterocycles. The van der Waals surface area contributed by atoms with E-state index in [1.807, 2.05) is 12.1 Å². The highest BCUT2D eigenvalue weighted by Gasteiger charge is 2.09. The number of hydrogen-bond donors (Lipinski definition) is 1. The summed E-state index contributed by atoms with van der Waals surface area (Å²) in [7, 11) is 0. The highest BCUT2D eigenvalue weighted by atomic mass is 16.5. The third-order valence-electron chi connectivity index (χ3n) is 2.49. The van der Waals surface area contributed by atoms with Crippen LogP contribution in [0.1, 0.15) is 18.1 Å². The first kappa shape index (κ1) is 11.4. The predicted molar refractivity (Wildman–Crippen MR) is 64.0 cm³/mol. The molecule has 0 aliphatic heterocycles. The average Bonchev–Trinajstić information content (AvgIpc) is 2.84. The fourth-order valence-corrected chi connectivity index (χ4v) is 1.58. The van der Waals surface area contributed by atoms with Gasteiger partial charge in [0.25, 0.3) is 0 Å². The molecule has 0 aliphatic rings. The number of rotatable bonds is 4. The fourth-order valence-electron chi connectivity index (χ4n) is 1.58. The molecule has 17 heavy (non-hydrogen) atoms. The summed E-state index contributed by atoms with van der Waals surface area (Å²) in [5, 5.41) is 15.8. The average molecular weight is 227 g/mol. The zero-order valence-corrected chi connectivity index (χ0v) is 9.60. The molecule has 0 bridgehead atoms. The van der Waals surface area contributed by atoms with Crippen molar-refractivity contribution in [3.63, 3.8) is 0 Å². The second kappa shape index (κ2) is 5.28. The largest absolute Gasteiger partial charge is 0.356 e. The van der Waals surface area contributed by atoms with Gasteiger partial charge in [0.05, 0.1) is 17.8 Å². The van der Waals surface area contributed by atoms with E-state index in [9.17, 15) is 0 Å². The van der Waals surface area contributed by atoms with Gasteiger partial charge in [0, 0.05) is 17.7 Å². The summed E-state index contributed by atoms with van der Waals surface area (Å²) in [5.41, 5.74) is 2.60. The Morgan fingerprint density at radius 2 is 2.12 bits per heavy atom. The fraction of sp³-hybridized carbons (Fsp3) is 0.231. The predicted octanol–water partition coefficient (Wildman–Crippen LogP) is 2.32. The molecule has 0 saturated carbocycles. The van der Waals surface area contributed by atoms with E-state index in [-0.39, 0.29) is 0 Å². The Kier molecular flexibility index (Phi) is 3.53. The number of aromatic nitrogens is 1. The Morgan fingerprint density at radius 1 is 1.35 bits per heavy atom. The third-order valence-corrected chi connectivity index (χ3v) is 2.49. The summed E-state index contributed by atoms with van der Waals surface area (Å²) in [6.07, 6.45) is 1.72. The minimum absolute atomic E-state index is 0.640. The Balaban J connectivity index is 2.26. The van der Waals surface area contributed by atoms with Crippen LogP contribution in [0.4, 0.5) is 0 Å². The smallest absolute Gasteiger partial charge is 0.171 e. The van der Waals surface area contributed by atoms with Gasteiger partial charge in [-0.3, -0.25) is 0 Å². The van der Waals surface area contributed by atoms with Gasteiger partial charge < -0.3 is 9.84 Å². The summed E-state index contributed by atoms with van der Waals surface area (Å²) in [5.74, 6) is 0.760. The molecule has 0 aliphatic carbocycles. The van der Waals surface area contributed by atoms with Crippen LogP contribution < -0.4 is 5.32 Å². The van der Waals surface area contributed by atoms with E-state index in [1.165, 1.54) is 0 Å². The summed E-state index contributed by atoms with van der Waals surface area (Å²) in [6, 6.07) is 9.37. The van der Waals surface area contributed by atoms with Gasteiger partial charge in [-0.05, 0) is 30.8 Å². The van der Waals surface area contributed by atoms with E-state index in [2.05, 4.69) is 23.5 Å². The molecule has 2 aromatic rings. The lowest BCUT2D eigenvalue weighted by atomic mass is 10.1. The molecule has 0 unspecified atom stereocenters. The van der Waals surface area contributed by atoms with Crippen molar-refractivity contribution in [1.29, 1.82) is 5.26 Å². The SMILES string of the molecule is CCNCc1cnoc1-c1ccc(C#N)cc1. The maximum atomic E-state index is 8.73. The highest BCUT2D eigenvalue weighted by Crippen LogP contribution is 2.23. The molecule has 0 atom stereocenters. The number of nitrogens with zero attached hydrogens (tertiary/aromatic N) is 2. The van der Waals surface area contributed by atoms with Crippen molar-refractivity contribution in [2.75, 3.05) is 6.54 Å². The molecule has 0 spiro atoms. The minimum Gasteiger partial charge on any atom is -0.356 e. The van der Waals surface area contributed by atoms with Crippen LogP contribution in [0.25, 0.3) is 11.3 Å². The standard InChI is InChI=1S/C13H13N3O/c1-2-15-8-12-9-16-17-13(12)11-5-3-10(7-14)4-6-11/h3-6,9,15H,2,8H2,1H3. The van der Waals surface area contributed by atoms with Gasteiger partial charge in [-0.1, -0.05) is 12.1 Å². The first-order valence-corrected chi connectivity index (χ1v) is 5.50. The Bertz CT molecular complexity index is 522. The number of nitriles is 1. The minimum atomic E-state index is 0.640. The lowest BCUT2D eigenvalue weighted by molar-refractivity contribution is 0.431. The maximum absolute atomic E-state index is 8.73. The van der Waals surface area contributed by atoms with Crippen molar-refractivity contribution in [3.05, 3.63) is 41.6 Å². The summed E-state index contributed by atoms with van der Waals surface area (Å²) in [6.45, 7) is 3.68. The van der Waals surface area contributed by atoms with Crippen LogP contribution in [0.2, 0.25) is 0 Å². The molecule has 86 valence electrons. The van der Waals surface area contributed by atoms with Crippen LogP contribution in [-0.4, -0.2) is 11.7 Å². The quantitative estimate of drug-likeness (QED) is 0.870. The Labute approximate surface area is 99.9 Å². The van der Waals surface area contributed by atoms with E-state index in [4.69, 9.17) is 9.78 Å². The van der Waals surface area contributed by atoms with Gasteiger partial charge in [-0.15, -0.1) is 0 Å². The first-order chi connectivity index (χ1) is 8.35. The lowest BCUT2D eigenvalue weighted by Gasteiger charge is -2.01. The van der Waals surface area contributed by atoms with Crippen molar-refractivity contribution in [2.24, 2.45) is 0 Å². The van der Waals surface area contributed by atoms with E-state index in [0.29, 0.717) is 5.56 Å². The van der Waals surface area contributed by atoms with Crippen molar-refractivity contribution in [1.82, 2.24) is 10.5 Å². The van der Waals surface area contributed by atoms with Gasteiger partial charge in [0.1, 0.15) is 0 Å². The second-order valence-electron chi connectivity index (χ2n) is 3.65. The molecule has 2 rings (SSSR count). The van der Waals surface area contributed by atoms with Gasteiger partial charge in [0.2, 0.25) is 0 Å². The van der Waals surface area contributed by atoms with E-state index in [0.717, 1.165) is 30.0 Å². The normalized spacial score (nSPS) is 10.1. The first-order valence-electron chi connectivity index (χ1n) is 5.50. The molecule has 0 amide bonds. The maximum Gasteiger partial charge on any atom is 0.171 e. The summed E-state index contributed by atoms with van der Waals surface area (Å²) in [4.78, 5) is 0. The van der Waals surface area contributed by atoms with E-state index >= 15 is 0 Å². The molecule has 0 fully saturated rings. The van der Waals surface area contributed by atoms with Crippen LogP contribution in [0, 0.1) is 11.3 Å². The van der Waals surface area contributed by atoms with Crippen LogP contribution in [0.3, 0.4) is 0 Å². The van der Waals surface area contributed by atoms with Crippen molar-refractivity contribution in [2.45, 2.75) is 13.5 Å². The van der Waals surface area contributed by atoms with Gasteiger partial charge >= 0.3 is 0 Å². The second-order valence-corrected chi connectivity index (χ2v) is 3.65. The van der Waals surface area contributed by atoms with Gasteiger partial charge in [-0.25, -0.2) is 0 Å². The molecular weight excluding hydrogens is 214 g/mol. The summed E-state index contributed by atoms with van der Waals surface area (Å²) >= 11 is 0. The molecule has 1 aromatic carbocycles. The highest BCUT2D eigenvalue weighted by molar-refractivity contribution is 5.61. The Hall–Kier alpha value is -2.12.